The van der Waals surface area contributed by atoms with E-state index in [-0.39, 0.29) is 16.0 Å². The van der Waals surface area contributed by atoms with Crippen LogP contribution in [0.15, 0.2) is 23.1 Å². The summed E-state index contributed by atoms with van der Waals surface area (Å²) in [6.07, 6.45) is 0.792. The molecule has 1 heterocycles. The second kappa shape index (κ2) is 5.12. The van der Waals surface area contributed by atoms with Crippen molar-refractivity contribution < 1.29 is 8.42 Å². The number of sulfonamides is 1. The molecule has 0 spiro atoms. The second-order valence-electron chi connectivity index (χ2n) is 3.89. The normalized spacial score (nSPS) is 20.7. The van der Waals surface area contributed by atoms with Crippen molar-refractivity contribution in [3.63, 3.8) is 0 Å². The van der Waals surface area contributed by atoms with Gasteiger partial charge in [0.1, 0.15) is 0 Å². The van der Waals surface area contributed by atoms with Gasteiger partial charge >= 0.3 is 0 Å². The molecule has 94 valence electrons. The van der Waals surface area contributed by atoms with Crippen LogP contribution >= 0.6 is 23.2 Å². The van der Waals surface area contributed by atoms with Gasteiger partial charge in [-0.1, -0.05) is 23.2 Å². The first-order chi connectivity index (χ1) is 7.99. The van der Waals surface area contributed by atoms with Gasteiger partial charge in [0, 0.05) is 12.6 Å². The minimum Gasteiger partial charge on any atom is -0.315 e. The smallest absolute Gasteiger partial charge is 0.240 e. The number of benzene rings is 1. The van der Waals surface area contributed by atoms with Crippen LogP contribution in [0.25, 0.3) is 0 Å². The summed E-state index contributed by atoms with van der Waals surface area (Å²) in [4.78, 5) is 0.138. The molecule has 1 saturated heterocycles. The van der Waals surface area contributed by atoms with Crippen molar-refractivity contribution in [3.8, 4) is 0 Å². The van der Waals surface area contributed by atoms with Gasteiger partial charge in [-0.2, -0.15) is 0 Å². The molecule has 0 unspecified atom stereocenters. The lowest BCUT2D eigenvalue weighted by molar-refractivity contribution is 0.560. The lowest BCUT2D eigenvalue weighted by Gasteiger charge is -2.12. The Morgan fingerprint density at radius 3 is 2.65 bits per heavy atom. The Labute approximate surface area is 110 Å². The fraction of sp³-hybridized carbons (Fsp3) is 0.400. The van der Waals surface area contributed by atoms with Crippen LogP contribution in [0.5, 0.6) is 0 Å². The SMILES string of the molecule is O=S(=O)(N[C@@H]1CCNC1)c1ccc(Cl)c(Cl)c1. The molecule has 1 aromatic rings. The van der Waals surface area contributed by atoms with E-state index in [1.807, 2.05) is 0 Å². The number of halogens is 2. The van der Waals surface area contributed by atoms with Crippen molar-refractivity contribution in [2.24, 2.45) is 0 Å². The average Bonchev–Trinajstić information content (AvgIpc) is 2.73. The molecule has 0 aromatic heterocycles. The van der Waals surface area contributed by atoms with E-state index < -0.39 is 10.0 Å². The maximum Gasteiger partial charge on any atom is 0.240 e. The van der Waals surface area contributed by atoms with E-state index >= 15 is 0 Å². The summed E-state index contributed by atoms with van der Waals surface area (Å²) in [6.45, 7) is 1.48. The third-order valence-corrected chi connectivity index (χ3v) is 4.84. The monoisotopic (exact) mass is 294 g/mol. The minimum absolute atomic E-state index is 0.0607. The first-order valence-electron chi connectivity index (χ1n) is 5.17. The van der Waals surface area contributed by atoms with Crippen molar-refractivity contribution in [2.45, 2.75) is 17.4 Å². The van der Waals surface area contributed by atoms with Gasteiger partial charge in [0.05, 0.1) is 14.9 Å². The summed E-state index contributed by atoms with van der Waals surface area (Å²) in [5, 5.41) is 3.67. The van der Waals surface area contributed by atoms with E-state index in [1.165, 1.54) is 18.2 Å². The molecule has 0 bridgehead atoms. The maximum absolute atomic E-state index is 12.0. The third-order valence-electron chi connectivity index (χ3n) is 2.58. The van der Waals surface area contributed by atoms with Crippen LogP contribution in [0.4, 0.5) is 0 Å². The van der Waals surface area contributed by atoms with Gasteiger partial charge in [-0.05, 0) is 31.2 Å². The number of nitrogens with one attached hydrogen (secondary N) is 2. The summed E-state index contributed by atoms with van der Waals surface area (Å²) in [5.41, 5.74) is 0. The quantitative estimate of drug-likeness (QED) is 0.891. The fourth-order valence-electron chi connectivity index (χ4n) is 1.69. The van der Waals surface area contributed by atoms with E-state index in [0.29, 0.717) is 11.6 Å². The highest BCUT2D eigenvalue weighted by Gasteiger charge is 2.23. The molecule has 7 heteroatoms. The zero-order chi connectivity index (χ0) is 12.5. The van der Waals surface area contributed by atoms with Crippen LogP contribution in [0.3, 0.4) is 0 Å². The van der Waals surface area contributed by atoms with Crippen molar-refractivity contribution in [2.75, 3.05) is 13.1 Å². The third kappa shape index (κ3) is 3.11. The molecular formula is C10H12Cl2N2O2S. The van der Waals surface area contributed by atoms with Gasteiger partial charge in [-0.25, -0.2) is 13.1 Å². The highest BCUT2D eigenvalue weighted by atomic mass is 35.5. The van der Waals surface area contributed by atoms with E-state index in [2.05, 4.69) is 10.0 Å². The minimum atomic E-state index is -3.52. The molecule has 1 fully saturated rings. The van der Waals surface area contributed by atoms with Crippen LogP contribution in [0.2, 0.25) is 10.0 Å². The van der Waals surface area contributed by atoms with Gasteiger partial charge in [-0.15, -0.1) is 0 Å². The summed E-state index contributed by atoms with van der Waals surface area (Å²) in [5.74, 6) is 0. The topological polar surface area (TPSA) is 58.2 Å². The zero-order valence-electron chi connectivity index (χ0n) is 8.91. The first-order valence-corrected chi connectivity index (χ1v) is 7.41. The van der Waals surface area contributed by atoms with Crippen molar-refractivity contribution in [1.29, 1.82) is 0 Å². The molecule has 0 saturated carbocycles. The standard InChI is InChI=1S/C10H12Cl2N2O2S/c11-9-2-1-8(5-10(9)12)17(15,16)14-7-3-4-13-6-7/h1-2,5,7,13-14H,3-4,6H2/t7-/m1/s1. The van der Waals surface area contributed by atoms with Crippen LogP contribution in [0.1, 0.15) is 6.42 Å². The van der Waals surface area contributed by atoms with Crippen molar-refractivity contribution >= 4 is 33.2 Å². The molecule has 1 atom stereocenters. The molecule has 0 amide bonds. The highest BCUT2D eigenvalue weighted by molar-refractivity contribution is 7.89. The molecule has 2 N–H and O–H groups in total. The Kier molecular flexibility index (Phi) is 3.95. The number of hydrogen-bond donors (Lipinski definition) is 2. The molecule has 1 aromatic carbocycles. The lowest BCUT2D eigenvalue weighted by atomic mass is 10.3. The zero-order valence-corrected chi connectivity index (χ0v) is 11.2. The summed E-state index contributed by atoms with van der Waals surface area (Å²) >= 11 is 11.5. The Bertz CT molecular complexity index is 513. The molecule has 4 nitrogen and oxygen atoms in total. The Morgan fingerprint density at radius 2 is 2.06 bits per heavy atom. The van der Waals surface area contributed by atoms with Gasteiger partial charge in [0.25, 0.3) is 0 Å². The van der Waals surface area contributed by atoms with Crippen LogP contribution < -0.4 is 10.0 Å². The second-order valence-corrected chi connectivity index (χ2v) is 6.42. The van der Waals surface area contributed by atoms with Crippen molar-refractivity contribution in [1.82, 2.24) is 10.0 Å². The molecule has 2 rings (SSSR count). The lowest BCUT2D eigenvalue weighted by Crippen LogP contribution is -2.36. The fourth-order valence-corrected chi connectivity index (χ4v) is 3.35. The van der Waals surface area contributed by atoms with E-state index in [1.54, 1.807) is 0 Å². The first kappa shape index (κ1) is 13.1. The summed E-state index contributed by atoms with van der Waals surface area (Å²) < 4.78 is 26.6. The van der Waals surface area contributed by atoms with Crippen molar-refractivity contribution in [3.05, 3.63) is 28.2 Å². The summed E-state index contributed by atoms with van der Waals surface area (Å²) in [7, 11) is -3.52. The predicted octanol–water partition coefficient (Wildman–Crippen LogP) is 1.63. The Hall–Kier alpha value is -0.330. The molecule has 17 heavy (non-hydrogen) atoms. The molecular weight excluding hydrogens is 283 g/mol. The van der Waals surface area contributed by atoms with E-state index in [0.717, 1.165) is 13.0 Å². The van der Waals surface area contributed by atoms with Gasteiger partial charge in [0.15, 0.2) is 0 Å². The molecule has 1 aliphatic rings. The largest absolute Gasteiger partial charge is 0.315 e. The van der Waals surface area contributed by atoms with Gasteiger partial charge in [-0.3, -0.25) is 0 Å². The van der Waals surface area contributed by atoms with Crippen LogP contribution in [-0.4, -0.2) is 27.5 Å². The maximum atomic E-state index is 12.0. The molecule has 0 aliphatic carbocycles. The molecule has 1 aliphatic heterocycles. The number of rotatable bonds is 3. The van der Waals surface area contributed by atoms with Crippen LogP contribution in [-0.2, 0) is 10.0 Å². The molecule has 0 radical (unpaired) electrons. The van der Waals surface area contributed by atoms with E-state index in [4.69, 9.17) is 23.2 Å². The van der Waals surface area contributed by atoms with Gasteiger partial charge < -0.3 is 5.32 Å². The Balaban J connectivity index is 2.21. The predicted molar refractivity (Wildman–Crippen MR) is 68.1 cm³/mol. The summed E-state index contributed by atoms with van der Waals surface area (Å²) in [6, 6.07) is 4.22. The van der Waals surface area contributed by atoms with Gasteiger partial charge in [0.2, 0.25) is 10.0 Å². The van der Waals surface area contributed by atoms with E-state index in [9.17, 15) is 8.42 Å². The number of hydrogen-bond acceptors (Lipinski definition) is 3. The Morgan fingerprint density at radius 1 is 1.29 bits per heavy atom. The van der Waals surface area contributed by atoms with Crippen LogP contribution in [0, 0.1) is 0 Å². The average molecular weight is 295 g/mol. The highest BCUT2D eigenvalue weighted by Crippen LogP contribution is 2.24.